The topological polar surface area (TPSA) is 90.0 Å². The van der Waals surface area contributed by atoms with E-state index in [1.165, 1.54) is 25.3 Å². The number of carbonyl (C=O) groups excluding carboxylic acids is 2. The van der Waals surface area contributed by atoms with Crippen LogP contribution in [0.3, 0.4) is 0 Å². The number of benzene rings is 1. The first kappa shape index (κ1) is 20.9. The molecule has 1 aliphatic heterocycles. The molecule has 1 aromatic carbocycles. The fourth-order valence-corrected chi connectivity index (χ4v) is 5.91. The van der Waals surface area contributed by atoms with E-state index in [-0.39, 0.29) is 52.4 Å². The summed E-state index contributed by atoms with van der Waals surface area (Å²) in [5.41, 5.74) is 0.287. The van der Waals surface area contributed by atoms with Gasteiger partial charge in [-0.2, -0.15) is 0 Å². The van der Waals surface area contributed by atoms with Gasteiger partial charge in [0.15, 0.2) is 16.4 Å². The summed E-state index contributed by atoms with van der Waals surface area (Å²) in [4.78, 5) is 26.2. The highest BCUT2D eigenvalue weighted by Gasteiger charge is 2.39. The Morgan fingerprint density at radius 1 is 1.18 bits per heavy atom. The lowest BCUT2D eigenvalue weighted by molar-refractivity contribution is -0.137. The van der Waals surface area contributed by atoms with Gasteiger partial charge in [0.25, 0.3) is 5.91 Å². The van der Waals surface area contributed by atoms with Crippen LogP contribution in [-0.2, 0) is 19.4 Å². The number of halogens is 1. The number of sulfone groups is 1. The van der Waals surface area contributed by atoms with Crippen LogP contribution in [0, 0.1) is 0 Å². The van der Waals surface area contributed by atoms with Crippen molar-refractivity contribution >= 4 is 33.3 Å². The first-order valence-electron chi connectivity index (χ1n) is 9.33. The number of hydrogen-bond donors (Lipinski definition) is 0. The Morgan fingerprint density at radius 3 is 2.46 bits per heavy atom. The molecule has 2 fully saturated rings. The third kappa shape index (κ3) is 4.78. The molecule has 1 saturated carbocycles. The SMILES string of the molecule is COC(=O)c1ccc(OCC(=O)N(C2CCCC2)C2CCS(=O)(=O)C2)c(Cl)c1. The summed E-state index contributed by atoms with van der Waals surface area (Å²) in [7, 11) is -1.81. The number of methoxy groups -OCH3 is 1. The summed E-state index contributed by atoms with van der Waals surface area (Å²) < 4.78 is 34.0. The fraction of sp³-hybridized carbons (Fsp3) is 0.579. The van der Waals surface area contributed by atoms with E-state index in [4.69, 9.17) is 16.3 Å². The maximum atomic E-state index is 12.9. The van der Waals surface area contributed by atoms with Gasteiger partial charge in [-0.1, -0.05) is 24.4 Å². The molecule has 1 atom stereocenters. The molecule has 3 rings (SSSR count). The summed E-state index contributed by atoms with van der Waals surface area (Å²) in [5.74, 6) is -0.325. The van der Waals surface area contributed by atoms with Crippen LogP contribution in [0.1, 0.15) is 42.5 Å². The standard InChI is InChI=1S/C19H24ClNO6S/c1-26-19(23)13-6-7-17(16(20)10-13)27-11-18(22)21(14-4-2-3-5-14)15-8-9-28(24,25)12-15/h6-7,10,14-15H,2-5,8-9,11-12H2,1H3. The predicted molar refractivity (Wildman–Crippen MR) is 104 cm³/mol. The molecule has 0 N–H and O–H groups in total. The van der Waals surface area contributed by atoms with Crippen molar-refractivity contribution in [2.75, 3.05) is 25.2 Å². The lowest BCUT2D eigenvalue weighted by atomic mass is 10.1. The minimum absolute atomic E-state index is 0.0177. The van der Waals surface area contributed by atoms with Crippen molar-refractivity contribution in [1.29, 1.82) is 0 Å². The van der Waals surface area contributed by atoms with E-state index in [1.54, 1.807) is 4.90 Å². The number of amides is 1. The van der Waals surface area contributed by atoms with Gasteiger partial charge in [0.2, 0.25) is 0 Å². The van der Waals surface area contributed by atoms with E-state index >= 15 is 0 Å². The second kappa shape index (κ2) is 8.69. The van der Waals surface area contributed by atoms with Gasteiger partial charge in [-0.25, -0.2) is 13.2 Å². The van der Waals surface area contributed by atoms with E-state index in [9.17, 15) is 18.0 Å². The molecule has 9 heteroatoms. The zero-order valence-corrected chi connectivity index (χ0v) is 17.3. The Hall–Kier alpha value is -1.80. The van der Waals surface area contributed by atoms with Crippen LogP contribution in [0.5, 0.6) is 5.75 Å². The molecule has 0 radical (unpaired) electrons. The first-order valence-corrected chi connectivity index (χ1v) is 11.5. The minimum Gasteiger partial charge on any atom is -0.482 e. The monoisotopic (exact) mass is 429 g/mol. The average molecular weight is 430 g/mol. The van der Waals surface area contributed by atoms with E-state index in [1.807, 2.05) is 0 Å². The zero-order valence-electron chi connectivity index (χ0n) is 15.7. The van der Waals surface area contributed by atoms with Gasteiger partial charge in [-0.05, 0) is 37.5 Å². The van der Waals surface area contributed by atoms with Crippen LogP contribution in [0.2, 0.25) is 5.02 Å². The highest BCUT2D eigenvalue weighted by Crippen LogP contribution is 2.30. The van der Waals surface area contributed by atoms with Crippen molar-refractivity contribution in [3.8, 4) is 5.75 Å². The smallest absolute Gasteiger partial charge is 0.337 e. The summed E-state index contributed by atoms with van der Waals surface area (Å²) in [6.07, 6.45) is 4.32. The molecule has 1 heterocycles. The van der Waals surface area contributed by atoms with Crippen LogP contribution in [0.25, 0.3) is 0 Å². The highest BCUT2D eigenvalue weighted by molar-refractivity contribution is 7.91. The van der Waals surface area contributed by atoms with Crippen molar-refractivity contribution in [2.24, 2.45) is 0 Å². The first-order chi connectivity index (χ1) is 13.3. The third-order valence-corrected chi connectivity index (χ3v) is 7.36. The second-order valence-electron chi connectivity index (χ2n) is 7.22. The van der Waals surface area contributed by atoms with Crippen LogP contribution < -0.4 is 4.74 Å². The molecule has 1 unspecified atom stereocenters. The van der Waals surface area contributed by atoms with Crippen molar-refractivity contribution in [2.45, 2.75) is 44.2 Å². The fourth-order valence-electron chi connectivity index (χ4n) is 3.96. The summed E-state index contributed by atoms with van der Waals surface area (Å²) in [6, 6.07) is 4.22. The lowest BCUT2D eigenvalue weighted by Crippen LogP contribution is -2.48. The molecule has 28 heavy (non-hydrogen) atoms. The van der Waals surface area contributed by atoms with Gasteiger partial charge in [-0.3, -0.25) is 4.79 Å². The van der Waals surface area contributed by atoms with E-state index in [0.29, 0.717) is 6.42 Å². The van der Waals surface area contributed by atoms with E-state index in [2.05, 4.69) is 4.74 Å². The quantitative estimate of drug-likeness (QED) is 0.645. The van der Waals surface area contributed by atoms with Crippen LogP contribution in [-0.4, -0.2) is 62.5 Å². The number of rotatable bonds is 6. The Morgan fingerprint density at radius 2 is 1.89 bits per heavy atom. The van der Waals surface area contributed by atoms with Crippen molar-refractivity contribution < 1.29 is 27.5 Å². The Kier molecular flexibility index (Phi) is 6.50. The largest absolute Gasteiger partial charge is 0.482 e. The molecule has 154 valence electrons. The molecule has 0 spiro atoms. The number of nitrogens with zero attached hydrogens (tertiary/aromatic N) is 1. The molecule has 0 bridgehead atoms. The molecule has 2 aliphatic rings. The minimum atomic E-state index is -3.09. The summed E-state index contributed by atoms with van der Waals surface area (Å²) >= 11 is 6.15. The highest BCUT2D eigenvalue weighted by atomic mass is 35.5. The molecular weight excluding hydrogens is 406 g/mol. The maximum Gasteiger partial charge on any atom is 0.337 e. The zero-order chi connectivity index (χ0) is 20.3. The lowest BCUT2D eigenvalue weighted by Gasteiger charge is -2.34. The van der Waals surface area contributed by atoms with Crippen molar-refractivity contribution in [3.05, 3.63) is 28.8 Å². The Bertz CT molecular complexity index is 850. The number of carbonyl (C=O) groups is 2. The van der Waals surface area contributed by atoms with E-state index < -0.39 is 15.8 Å². The van der Waals surface area contributed by atoms with Crippen molar-refractivity contribution in [3.63, 3.8) is 0 Å². The average Bonchev–Trinajstić information content (AvgIpc) is 3.30. The van der Waals surface area contributed by atoms with Gasteiger partial charge >= 0.3 is 5.97 Å². The van der Waals surface area contributed by atoms with Crippen LogP contribution in [0.15, 0.2) is 18.2 Å². The van der Waals surface area contributed by atoms with Gasteiger partial charge in [0.05, 0.1) is 29.2 Å². The molecule has 7 nitrogen and oxygen atoms in total. The molecule has 1 amide bonds. The molecule has 1 aliphatic carbocycles. The van der Waals surface area contributed by atoms with Gasteiger partial charge in [-0.15, -0.1) is 0 Å². The normalized spacial score (nSPS) is 21.4. The van der Waals surface area contributed by atoms with Crippen LogP contribution >= 0.6 is 11.6 Å². The molecular formula is C19H24ClNO6S. The van der Waals surface area contributed by atoms with Crippen LogP contribution in [0.4, 0.5) is 0 Å². The van der Waals surface area contributed by atoms with Gasteiger partial charge < -0.3 is 14.4 Å². The molecule has 1 saturated heterocycles. The number of ether oxygens (including phenoxy) is 2. The van der Waals surface area contributed by atoms with Gasteiger partial charge in [0, 0.05) is 12.1 Å². The second-order valence-corrected chi connectivity index (χ2v) is 9.86. The summed E-state index contributed by atoms with van der Waals surface area (Å²) in [5, 5.41) is 0.201. The molecule has 1 aromatic rings. The Labute approximate surface area is 169 Å². The predicted octanol–water partition coefficient (Wildman–Crippen LogP) is 2.46. The Balaban J connectivity index is 1.69. The number of esters is 1. The maximum absolute atomic E-state index is 12.9. The van der Waals surface area contributed by atoms with Gasteiger partial charge in [0.1, 0.15) is 5.75 Å². The summed E-state index contributed by atoms with van der Waals surface area (Å²) in [6.45, 7) is -0.232. The third-order valence-electron chi connectivity index (χ3n) is 5.31. The van der Waals surface area contributed by atoms with Crippen molar-refractivity contribution in [1.82, 2.24) is 4.90 Å². The molecule has 0 aromatic heterocycles. The van der Waals surface area contributed by atoms with E-state index in [0.717, 1.165) is 25.7 Å². The number of hydrogen-bond acceptors (Lipinski definition) is 6.